The minimum atomic E-state index is -7.72. The molecule has 0 bridgehead atoms. The normalized spacial score (nSPS) is 17.4. The molecule has 0 aliphatic rings. The van der Waals surface area contributed by atoms with E-state index in [1.54, 1.807) is 0 Å². The van der Waals surface area contributed by atoms with Crippen molar-refractivity contribution >= 4 is 9.76 Å². The summed E-state index contributed by atoms with van der Waals surface area (Å²) in [6.45, 7) is -0.199. The first-order valence-electron chi connectivity index (χ1n) is 6.24. The van der Waals surface area contributed by atoms with E-state index in [9.17, 15) is 57.1 Å². The van der Waals surface area contributed by atoms with E-state index in [0.717, 1.165) is 6.92 Å². The highest BCUT2D eigenvalue weighted by atomic mass is 28.2. The summed E-state index contributed by atoms with van der Waals surface area (Å²) in [6.07, 6.45) is -4.18. The van der Waals surface area contributed by atoms with Gasteiger partial charge in [0.1, 0.15) is 0 Å². The molecule has 0 aliphatic carbocycles. The molecule has 0 saturated carbocycles. The van der Waals surface area contributed by atoms with Gasteiger partial charge in [-0.05, 0) is 13.8 Å². The van der Waals surface area contributed by atoms with Crippen LogP contribution in [-0.4, -0.2) is 57.7 Å². The van der Waals surface area contributed by atoms with Crippen molar-refractivity contribution in [3.8, 4) is 0 Å². The van der Waals surface area contributed by atoms with E-state index in [0.29, 0.717) is 0 Å². The Morgan fingerprint density at radius 3 is 1.40 bits per heavy atom. The third kappa shape index (κ3) is 3.45. The number of hydrogen-bond acceptors (Lipinski definition) is 1. The molecule has 0 aromatic heterocycles. The lowest BCUT2D eigenvalue weighted by Crippen LogP contribution is -2.72. The molecule has 0 fully saturated rings. The Labute approximate surface area is 134 Å². The fourth-order valence-corrected chi connectivity index (χ4v) is 2.27. The van der Waals surface area contributed by atoms with Crippen LogP contribution in [0, 0.1) is 0 Å². The van der Waals surface area contributed by atoms with Gasteiger partial charge in [0.25, 0.3) is 0 Å². The zero-order chi connectivity index (χ0) is 20.7. The second kappa shape index (κ2) is 6.77. The predicted octanol–water partition coefficient (Wildman–Crippen LogP) is 4.23. The van der Waals surface area contributed by atoms with Gasteiger partial charge in [0.2, 0.25) is 9.76 Å². The lowest BCUT2D eigenvalue weighted by molar-refractivity contribution is -0.421. The van der Waals surface area contributed by atoms with E-state index in [4.69, 9.17) is 0 Å². The summed E-state index contributed by atoms with van der Waals surface area (Å²) in [4.78, 5) is 0. The molecule has 0 aliphatic heterocycles. The number of hydrogen-bond donors (Lipinski definition) is 0. The summed E-state index contributed by atoms with van der Waals surface area (Å²) in [7, 11) is -4.00. The van der Waals surface area contributed by atoms with Gasteiger partial charge in [-0.25, -0.2) is 13.2 Å². The molecule has 15 heteroatoms. The Morgan fingerprint density at radius 2 is 1.08 bits per heavy atom. The molecule has 152 valence electrons. The highest BCUT2D eigenvalue weighted by Crippen LogP contribution is 2.60. The molecule has 0 radical (unpaired) electrons. The van der Waals surface area contributed by atoms with E-state index in [1.807, 2.05) is 0 Å². The van der Waals surface area contributed by atoms with Crippen LogP contribution in [-0.2, 0) is 4.43 Å². The standard InChI is InChI=1S/C10H11F13OSi/c1-3-24-25-10(22,23)9(20,21)8(18,19)7(16,17)6(14,15)5(12,13)4(2)11/h4H,3,25H2,1-2H3. The zero-order valence-electron chi connectivity index (χ0n) is 12.3. The zero-order valence-corrected chi connectivity index (χ0v) is 13.7. The van der Waals surface area contributed by atoms with Crippen molar-refractivity contribution in [1.29, 1.82) is 0 Å². The van der Waals surface area contributed by atoms with Crippen LogP contribution in [0.1, 0.15) is 13.8 Å². The van der Waals surface area contributed by atoms with Crippen molar-refractivity contribution in [3.63, 3.8) is 0 Å². The molecule has 0 aromatic rings. The predicted molar refractivity (Wildman–Crippen MR) is 60.4 cm³/mol. The van der Waals surface area contributed by atoms with E-state index in [2.05, 4.69) is 4.43 Å². The lowest BCUT2D eigenvalue weighted by Gasteiger charge is -2.41. The first kappa shape index (κ1) is 24.3. The molecule has 0 saturated heterocycles. The molecule has 0 amide bonds. The van der Waals surface area contributed by atoms with Gasteiger partial charge < -0.3 is 4.43 Å². The van der Waals surface area contributed by atoms with Crippen LogP contribution >= 0.6 is 0 Å². The molecular formula is C10H11F13OSi. The van der Waals surface area contributed by atoms with Gasteiger partial charge in [-0.1, -0.05) is 0 Å². The van der Waals surface area contributed by atoms with Crippen LogP contribution < -0.4 is 0 Å². The SMILES string of the molecule is CCO[SiH2]C(F)(F)C(F)(F)C(F)(F)C(F)(F)C(F)(F)C(F)(F)C(C)F. The summed E-state index contributed by atoms with van der Waals surface area (Å²) in [6, 6.07) is 0. The highest BCUT2D eigenvalue weighted by Gasteiger charge is 2.90. The maximum absolute atomic E-state index is 13.2. The average Bonchev–Trinajstić information content (AvgIpc) is 2.43. The van der Waals surface area contributed by atoms with E-state index in [1.165, 1.54) is 0 Å². The Bertz CT molecular complexity index is 462. The quantitative estimate of drug-likeness (QED) is 0.399. The first-order chi connectivity index (χ1) is 10.8. The molecule has 0 spiro atoms. The summed E-state index contributed by atoms with van der Waals surface area (Å²) in [5.41, 5.74) is -6.00. The number of alkyl halides is 13. The lowest BCUT2D eigenvalue weighted by atomic mass is 9.92. The van der Waals surface area contributed by atoms with E-state index < -0.39 is 64.6 Å². The Kier molecular flexibility index (Phi) is 6.58. The molecular weight excluding hydrogens is 411 g/mol. The summed E-state index contributed by atoms with van der Waals surface area (Å²) in [5, 5.41) is 0. The smallest absolute Gasteiger partial charge is 0.384 e. The first-order valence-corrected chi connectivity index (χ1v) is 7.52. The maximum atomic E-state index is 13.2. The van der Waals surface area contributed by atoms with Crippen LogP contribution in [0.25, 0.3) is 0 Å². The van der Waals surface area contributed by atoms with Crippen molar-refractivity contribution in [1.82, 2.24) is 0 Å². The van der Waals surface area contributed by atoms with E-state index in [-0.39, 0.29) is 0 Å². The third-order valence-electron chi connectivity index (χ3n) is 3.05. The number of rotatable bonds is 9. The fraction of sp³-hybridized carbons (Fsp3) is 1.00. The van der Waals surface area contributed by atoms with Crippen molar-refractivity contribution < 1.29 is 61.5 Å². The highest BCUT2D eigenvalue weighted by molar-refractivity contribution is 6.31. The Morgan fingerprint density at radius 1 is 0.720 bits per heavy atom. The molecule has 0 heterocycles. The van der Waals surface area contributed by atoms with Gasteiger partial charge in [0, 0.05) is 6.61 Å². The maximum Gasteiger partial charge on any atom is 0.384 e. The molecule has 0 N–H and O–H groups in total. The molecule has 1 atom stereocenters. The van der Waals surface area contributed by atoms with Gasteiger partial charge in [-0.3, -0.25) is 0 Å². The molecule has 0 aromatic carbocycles. The van der Waals surface area contributed by atoms with Crippen LogP contribution in [0.15, 0.2) is 0 Å². The Balaban J connectivity index is 6.20. The van der Waals surface area contributed by atoms with Crippen molar-refractivity contribution in [2.75, 3.05) is 6.61 Å². The summed E-state index contributed by atoms with van der Waals surface area (Å²) < 4.78 is 174. The third-order valence-corrected chi connectivity index (χ3v) is 4.47. The van der Waals surface area contributed by atoms with Gasteiger partial charge in [0.05, 0.1) is 0 Å². The van der Waals surface area contributed by atoms with Crippen LogP contribution in [0.5, 0.6) is 0 Å². The van der Waals surface area contributed by atoms with Crippen LogP contribution in [0.2, 0.25) is 0 Å². The topological polar surface area (TPSA) is 9.23 Å². The minimum absolute atomic E-state index is 0.434. The average molecular weight is 422 g/mol. The number of halogens is 13. The second-order valence-electron chi connectivity index (χ2n) is 4.88. The molecule has 0 rings (SSSR count). The van der Waals surface area contributed by atoms with Crippen molar-refractivity contribution in [3.05, 3.63) is 0 Å². The Hall–Kier alpha value is -0.733. The fourth-order valence-electron chi connectivity index (χ4n) is 1.40. The van der Waals surface area contributed by atoms with Crippen molar-refractivity contribution in [2.45, 2.75) is 55.2 Å². The summed E-state index contributed by atoms with van der Waals surface area (Å²) in [5.74, 6) is -36.5. The van der Waals surface area contributed by atoms with Gasteiger partial charge in [-0.15, -0.1) is 0 Å². The summed E-state index contributed by atoms with van der Waals surface area (Å²) >= 11 is 0. The van der Waals surface area contributed by atoms with Crippen molar-refractivity contribution in [2.24, 2.45) is 0 Å². The molecule has 1 nitrogen and oxygen atoms in total. The van der Waals surface area contributed by atoms with E-state index >= 15 is 0 Å². The van der Waals surface area contributed by atoms with Crippen LogP contribution in [0.3, 0.4) is 0 Å². The molecule has 1 unspecified atom stereocenters. The van der Waals surface area contributed by atoms with Gasteiger partial charge >= 0.3 is 35.2 Å². The van der Waals surface area contributed by atoms with Gasteiger partial charge in [-0.2, -0.15) is 43.9 Å². The van der Waals surface area contributed by atoms with Crippen LogP contribution in [0.4, 0.5) is 57.1 Å². The largest absolute Gasteiger partial charge is 0.417 e. The monoisotopic (exact) mass is 422 g/mol. The minimum Gasteiger partial charge on any atom is -0.417 e. The second-order valence-corrected chi connectivity index (χ2v) is 6.46. The van der Waals surface area contributed by atoms with Gasteiger partial charge in [0.15, 0.2) is 6.17 Å². The molecule has 25 heavy (non-hydrogen) atoms.